The SMILES string of the molecule is CC(C)(C)c1nc(C(C)(C)C)c(Cl)c(=O)[nH]1. The Morgan fingerprint density at radius 2 is 1.56 bits per heavy atom. The number of nitrogens with one attached hydrogen (secondary N) is 1. The Bertz CT molecular complexity index is 450. The molecule has 0 bridgehead atoms. The molecule has 0 aromatic carbocycles. The van der Waals surface area contributed by atoms with Crippen molar-refractivity contribution in [2.75, 3.05) is 0 Å². The highest BCUT2D eigenvalue weighted by molar-refractivity contribution is 6.31. The van der Waals surface area contributed by atoms with Gasteiger partial charge in [0.25, 0.3) is 5.56 Å². The second-order valence-electron chi connectivity index (χ2n) is 6.08. The first-order chi connectivity index (χ1) is 7.03. The average Bonchev–Trinajstić information content (AvgIpc) is 2.05. The Kier molecular flexibility index (Phi) is 3.21. The molecule has 0 atom stereocenters. The molecular formula is C12H19ClN2O. The Balaban J connectivity index is 3.53. The summed E-state index contributed by atoms with van der Waals surface area (Å²) in [5.41, 5.74) is -0.0240. The molecule has 0 fully saturated rings. The van der Waals surface area contributed by atoms with E-state index >= 15 is 0 Å². The molecule has 1 aromatic heterocycles. The van der Waals surface area contributed by atoms with Gasteiger partial charge in [-0.25, -0.2) is 4.98 Å². The van der Waals surface area contributed by atoms with E-state index in [0.717, 1.165) is 0 Å². The summed E-state index contributed by atoms with van der Waals surface area (Å²) < 4.78 is 0. The molecule has 0 aliphatic carbocycles. The summed E-state index contributed by atoms with van der Waals surface area (Å²) in [7, 11) is 0. The van der Waals surface area contributed by atoms with Crippen LogP contribution in [0.2, 0.25) is 5.02 Å². The second-order valence-corrected chi connectivity index (χ2v) is 6.46. The third-order valence-electron chi connectivity index (χ3n) is 2.28. The molecule has 0 spiro atoms. The molecular weight excluding hydrogens is 224 g/mol. The Hall–Kier alpha value is -0.830. The van der Waals surface area contributed by atoms with Crippen molar-refractivity contribution in [3.8, 4) is 0 Å². The van der Waals surface area contributed by atoms with Crippen LogP contribution in [0.4, 0.5) is 0 Å². The summed E-state index contributed by atoms with van der Waals surface area (Å²) in [5.74, 6) is 0.673. The molecule has 1 rings (SSSR count). The third kappa shape index (κ3) is 2.64. The lowest BCUT2D eigenvalue weighted by atomic mass is 9.90. The van der Waals surface area contributed by atoms with Crippen LogP contribution >= 0.6 is 11.6 Å². The molecule has 0 saturated carbocycles. The van der Waals surface area contributed by atoms with Gasteiger partial charge in [-0.15, -0.1) is 0 Å². The van der Waals surface area contributed by atoms with Crippen LogP contribution in [-0.2, 0) is 10.8 Å². The van der Waals surface area contributed by atoms with Gasteiger partial charge in [-0.1, -0.05) is 53.1 Å². The maximum atomic E-state index is 11.7. The molecule has 16 heavy (non-hydrogen) atoms. The summed E-state index contributed by atoms with van der Waals surface area (Å²) in [6.07, 6.45) is 0. The number of hydrogen-bond acceptors (Lipinski definition) is 2. The number of hydrogen-bond donors (Lipinski definition) is 1. The van der Waals surface area contributed by atoms with E-state index in [0.29, 0.717) is 11.5 Å². The zero-order valence-corrected chi connectivity index (χ0v) is 11.5. The van der Waals surface area contributed by atoms with Crippen LogP contribution in [0.15, 0.2) is 4.79 Å². The summed E-state index contributed by atoms with van der Waals surface area (Å²) in [4.78, 5) is 18.9. The van der Waals surface area contributed by atoms with Crippen molar-refractivity contribution in [1.29, 1.82) is 0 Å². The Morgan fingerprint density at radius 1 is 1.06 bits per heavy atom. The highest BCUT2D eigenvalue weighted by Crippen LogP contribution is 2.27. The summed E-state index contributed by atoms with van der Waals surface area (Å²) in [6, 6.07) is 0. The zero-order valence-electron chi connectivity index (χ0n) is 10.7. The minimum Gasteiger partial charge on any atom is -0.309 e. The fraction of sp³-hybridized carbons (Fsp3) is 0.667. The van der Waals surface area contributed by atoms with Crippen molar-refractivity contribution in [2.45, 2.75) is 52.4 Å². The molecule has 0 unspecified atom stereocenters. The number of halogens is 1. The molecule has 1 N–H and O–H groups in total. The van der Waals surface area contributed by atoms with Crippen LogP contribution in [0.25, 0.3) is 0 Å². The molecule has 90 valence electrons. The normalized spacial score (nSPS) is 12.9. The van der Waals surface area contributed by atoms with Crippen molar-refractivity contribution in [3.63, 3.8) is 0 Å². The lowest BCUT2D eigenvalue weighted by molar-refractivity contribution is 0.511. The number of aromatic nitrogens is 2. The van der Waals surface area contributed by atoms with E-state index < -0.39 is 0 Å². The van der Waals surface area contributed by atoms with Gasteiger partial charge in [-0.05, 0) is 0 Å². The highest BCUT2D eigenvalue weighted by Gasteiger charge is 2.25. The minimum absolute atomic E-state index is 0.191. The smallest absolute Gasteiger partial charge is 0.269 e. The summed E-state index contributed by atoms with van der Waals surface area (Å²) in [5, 5.41) is 0.195. The first-order valence-electron chi connectivity index (χ1n) is 5.34. The standard InChI is InChI=1S/C12H19ClN2O/c1-11(2,3)8-7(13)9(16)15-10(14-8)12(4,5)6/h1-6H3,(H,14,15,16). The van der Waals surface area contributed by atoms with Crippen molar-refractivity contribution in [2.24, 2.45) is 0 Å². The van der Waals surface area contributed by atoms with E-state index in [9.17, 15) is 4.79 Å². The van der Waals surface area contributed by atoms with Gasteiger partial charge in [0, 0.05) is 10.8 Å². The van der Waals surface area contributed by atoms with E-state index in [2.05, 4.69) is 9.97 Å². The average molecular weight is 243 g/mol. The van der Waals surface area contributed by atoms with Gasteiger partial charge in [0.1, 0.15) is 10.8 Å². The van der Waals surface area contributed by atoms with Crippen LogP contribution in [0.1, 0.15) is 53.1 Å². The van der Waals surface area contributed by atoms with Gasteiger partial charge in [-0.2, -0.15) is 0 Å². The van der Waals surface area contributed by atoms with Crippen LogP contribution in [0.3, 0.4) is 0 Å². The maximum Gasteiger partial charge on any atom is 0.269 e. The Morgan fingerprint density at radius 3 is 1.94 bits per heavy atom. The molecule has 0 aliphatic rings. The molecule has 3 nitrogen and oxygen atoms in total. The van der Waals surface area contributed by atoms with Crippen molar-refractivity contribution in [1.82, 2.24) is 9.97 Å². The monoisotopic (exact) mass is 242 g/mol. The molecule has 4 heteroatoms. The van der Waals surface area contributed by atoms with Crippen LogP contribution in [-0.4, -0.2) is 9.97 Å². The van der Waals surface area contributed by atoms with E-state index in [1.807, 2.05) is 41.5 Å². The molecule has 0 amide bonds. The van der Waals surface area contributed by atoms with E-state index in [1.165, 1.54) is 0 Å². The number of H-pyrrole nitrogens is 1. The van der Waals surface area contributed by atoms with E-state index in [1.54, 1.807) is 0 Å². The lowest BCUT2D eigenvalue weighted by Crippen LogP contribution is -2.28. The molecule has 1 aromatic rings. The maximum absolute atomic E-state index is 11.7. The van der Waals surface area contributed by atoms with Crippen molar-refractivity contribution >= 4 is 11.6 Å². The van der Waals surface area contributed by atoms with Gasteiger partial charge >= 0.3 is 0 Å². The van der Waals surface area contributed by atoms with E-state index in [-0.39, 0.29) is 21.4 Å². The second kappa shape index (κ2) is 3.88. The first-order valence-corrected chi connectivity index (χ1v) is 5.72. The number of nitrogens with zero attached hydrogens (tertiary/aromatic N) is 1. The van der Waals surface area contributed by atoms with Crippen LogP contribution in [0.5, 0.6) is 0 Å². The quantitative estimate of drug-likeness (QED) is 0.760. The van der Waals surface area contributed by atoms with Crippen molar-refractivity contribution in [3.05, 3.63) is 26.9 Å². The third-order valence-corrected chi connectivity index (χ3v) is 2.63. The van der Waals surface area contributed by atoms with Gasteiger partial charge in [-0.3, -0.25) is 4.79 Å². The van der Waals surface area contributed by atoms with Crippen LogP contribution < -0.4 is 5.56 Å². The van der Waals surface area contributed by atoms with Gasteiger partial charge in [0.2, 0.25) is 0 Å². The fourth-order valence-corrected chi connectivity index (χ4v) is 1.68. The minimum atomic E-state index is -0.258. The zero-order chi connectivity index (χ0) is 12.7. The first kappa shape index (κ1) is 13.2. The Labute approximate surface area is 101 Å². The molecule has 0 saturated heterocycles. The van der Waals surface area contributed by atoms with Crippen LogP contribution in [0, 0.1) is 0 Å². The summed E-state index contributed by atoms with van der Waals surface area (Å²) >= 11 is 5.99. The fourth-order valence-electron chi connectivity index (χ4n) is 1.31. The summed E-state index contributed by atoms with van der Waals surface area (Å²) in [6.45, 7) is 12.0. The molecule has 0 aliphatic heterocycles. The van der Waals surface area contributed by atoms with Gasteiger partial charge in [0.15, 0.2) is 0 Å². The molecule has 1 heterocycles. The van der Waals surface area contributed by atoms with E-state index in [4.69, 9.17) is 11.6 Å². The highest BCUT2D eigenvalue weighted by atomic mass is 35.5. The molecule has 0 radical (unpaired) electrons. The van der Waals surface area contributed by atoms with Crippen molar-refractivity contribution < 1.29 is 0 Å². The van der Waals surface area contributed by atoms with Gasteiger partial charge in [0.05, 0.1) is 5.69 Å². The largest absolute Gasteiger partial charge is 0.309 e. The number of rotatable bonds is 0. The predicted octanol–water partition coefficient (Wildman–Crippen LogP) is 3.02. The lowest BCUT2D eigenvalue weighted by Gasteiger charge is -2.23. The van der Waals surface area contributed by atoms with Gasteiger partial charge < -0.3 is 4.98 Å². The topological polar surface area (TPSA) is 45.8 Å². The number of aromatic amines is 1. The predicted molar refractivity (Wildman–Crippen MR) is 67.3 cm³/mol.